The van der Waals surface area contributed by atoms with E-state index in [4.69, 9.17) is 49.1 Å². The molecule has 2 aromatic carbocycles. The molecular formula is C70H97BrN10O6Si4. The second-order valence-electron chi connectivity index (χ2n) is 29.5. The van der Waals surface area contributed by atoms with Gasteiger partial charge in [0.2, 0.25) is 0 Å². The molecule has 6 heterocycles. The molecule has 6 aromatic heterocycles. The molecule has 0 atom stereocenters. The van der Waals surface area contributed by atoms with Crippen molar-refractivity contribution in [1.82, 2.24) is 39.2 Å². The zero-order chi connectivity index (χ0) is 64.9. The Bertz CT molecular complexity index is 3600. The number of halogens is 1. The summed E-state index contributed by atoms with van der Waals surface area (Å²) in [7, 11) is -4.97. The van der Waals surface area contributed by atoms with Crippen molar-refractivity contribution in [1.29, 1.82) is 0 Å². The van der Waals surface area contributed by atoms with E-state index < -0.39 is 32.3 Å². The van der Waals surface area contributed by atoms with Gasteiger partial charge < -0.3 is 28.7 Å². The van der Waals surface area contributed by atoms with E-state index in [0.29, 0.717) is 77.4 Å². The van der Waals surface area contributed by atoms with Gasteiger partial charge in [-0.15, -0.1) is 0 Å². The van der Waals surface area contributed by atoms with Gasteiger partial charge >= 0.3 is 0 Å². The molecule has 2 fully saturated rings. The lowest BCUT2D eigenvalue weighted by Gasteiger charge is -2.29. The molecular weight excluding hydrogens is 1270 g/mol. The maximum absolute atomic E-state index is 12.2. The maximum Gasteiger partial charge on any atom is 0.165 e. The van der Waals surface area contributed by atoms with Crippen LogP contribution in [0.5, 0.6) is 0 Å². The number of rotatable bonds is 28. The van der Waals surface area contributed by atoms with Gasteiger partial charge in [-0.1, -0.05) is 151 Å². The van der Waals surface area contributed by atoms with Crippen LogP contribution in [0.4, 0.5) is 11.6 Å². The number of fused-ring (bicyclic) bond motifs is 2. The van der Waals surface area contributed by atoms with Gasteiger partial charge in [0, 0.05) is 154 Å². The number of Topliss-reactive ketones (excluding diaryl/α,β-unsaturated/α-hetero) is 2. The van der Waals surface area contributed by atoms with Gasteiger partial charge in [-0.25, -0.2) is 9.97 Å². The third-order valence-electron chi connectivity index (χ3n) is 16.8. The first-order chi connectivity index (χ1) is 43.4. The average molecular weight is 1370 g/mol. The monoisotopic (exact) mass is 1360 g/mol. The van der Waals surface area contributed by atoms with Gasteiger partial charge in [-0.3, -0.25) is 19.6 Å². The van der Waals surface area contributed by atoms with E-state index >= 15 is 0 Å². The summed E-state index contributed by atoms with van der Waals surface area (Å²) in [6, 6.07) is 35.2. The number of carbonyl (C=O) groups is 2. The largest absolute Gasteiger partial charge is 0.361 e. The van der Waals surface area contributed by atoms with Crippen molar-refractivity contribution in [2.45, 2.75) is 166 Å². The smallest absolute Gasteiger partial charge is 0.165 e. The molecule has 0 N–H and O–H groups in total. The quantitative estimate of drug-likeness (QED) is 0.0258. The zero-order valence-electron chi connectivity index (χ0n) is 56.1. The van der Waals surface area contributed by atoms with Gasteiger partial charge in [0.25, 0.3) is 0 Å². The molecule has 0 unspecified atom stereocenters. The number of carbonyl (C=O) groups excluding carboxylic acids is 2. The Morgan fingerprint density at radius 2 is 0.868 bits per heavy atom. The Morgan fingerprint density at radius 1 is 0.473 bits per heavy atom. The third-order valence-corrected chi connectivity index (χ3v) is 24.4. The average Bonchev–Trinajstić information content (AvgIpc) is 1.70. The van der Waals surface area contributed by atoms with Crippen LogP contribution in [0.1, 0.15) is 74.6 Å². The third kappa shape index (κ3) is 20.1. The predicted octanol–water partition coefficient (Wildman–Crippen LogP) is 17.0. The minimum Gasteiger partial charge on any atom is -0.361 e. The highest BCUT2D eigenvalue weighted by atomic mass is 79.9. The summed E-state index contributed by atoms with van der Waals surface area (Å²) in [5.41, 5.74) is 11.2. The molecule has 0 aliphatic heterocycles. The van der Waals surface area contributed by atoms with Crippen molar-refractivity contribution in [2.24, 2.45) is 0 Å². The van der Waals surface area contributed by atoms with E-state index in [1.54, 1.807) is 0 Å². The molecule has 2 saturated carbocycles. The molecule has 0 bridgehead atoms. The summed E-state index contributed by atoms with van der Waals surface area (Å²) in [6.45, 7) is 32.8. The lowest BCUT2D eigenvalue weighted by molar-refractivity contribution is -0.121. The summed E-state index contributed by atoms with van der Waals surface area (Å²) in [6.07, 6.45) is 13.2. The number of ketones is 2. The van der Waals surface area contributed by atoms with E-state index in [0.717, 1.165) is 147 Å². The Hall–Kier alpha value is -5.89. The highest BCUT2D eigenvalue weighted by Gasteiger charge is 2.31. The second-order valence-corrected chi connectivity index (χ2v) is 52.7. The number of hydrogen-bond acceptors (Lipinski definition) is 14. The molecule has 21 heteroatoms. The number of benzene rings is 2. The van der Waals surface area contributed by atoms with Gasteiger partial charge in [-0.05, 0) is 77.9 Å². The van der Waals surface area contributed by atoms with Crippen LogP contribution in [0.15, 0.2) is 120 Å². The van der Waals surface area contributed by atoms with Crippen LogP contribution in [0.2, 0.25) is 103 Å². The molecule has 486 valence electrons. The lowest BCUT2D eigenvalue weighted by atomic mass is 9.86. The highest BCUT2D eigenvalue weighted by Crippen LogP contribution is 2.42. The minimum absolute atomic E-state index is 0.166. The first-order valence-corrected chi connectivity index (χ1v) is 48.3. The minimum atomic E-state index is -1.25. The number of nitrogens with zero attached hydrogens (tertiary/aromatic N) is 10. The fraction of sp³-hybridized carbons (Fsp3) is 0.486. The SMILES string of the molecule is C[Si](C)(C)CCOCN(COCC[Si](C)(C)C)c1c(Br)c(C2CCC(=O)CC2)nc2c(-c3ccc(-c4ccccc4)nc3)cnn12.C[Si](C)(C)CCOCN(COCC[Si](C)(C)C)c1cc(C2CCC(=O)CC2)nc2c(-c3ccc(-c4ccccc4)nc3)cnn12. The van der Waals surface area contributed by atoms with Crippen LogP contribution in [0.3, 0.4) is 0 Å². The van der Waals surface area contributed by atoms with Crippen molar-refractivity contribution in [3.8, 4) is 44.8 Å². The first kappa shape index (κ1) is 69.4. The van der Waals surface area contributed by atoms with Gasteiger partial charge in [0.15, 0.2) is 17.1 Å². The molecule has 0 spiro atoms. The number of hydrogen-bond donors (Lipinski definition) is 0. The normalized spacial score (nSPS) is 14.7. The van der Waals surface area contributed by atoms with E-state index in [1.807, 2.05) is 76.3 Å². The number of ether oxygens (including phenoxy) is 4. The maximum atomic E-state index is 12.2. The fourth-order valence-corrected chi connectivity index (χ4v) is 14.8. The van der Waals surface area contributed by atoms with Crippen molar-refractivity contribution in [2.75, 3.05) is 63.2 Å². The van der Waals surface area contributed by atoms with Crippen molar-refractivity contribution < 1.29 is 28.5 Å². The molecule has 0 radical (unpaired) electrons. The summed E-state index contributed by atoms with van der Waals surface area (Å²) < 4.78 is 29.9. The molecule has 0 amide bonds. The summed E-state index contributed by atoms with van der Waals surface area (Å²) in [5.74, 6) is 2.81. The standard InChI is InChI=1S/C35H48BrN5O3Si2.C35H49N5O3Si2/c1-45(2,3)20-18-43-24-40(25-44-19-21-46(4,5)6)35-32(36)33(27-12-15-29(42)16-13-27)39-34-30(23-38-41(34)35)28-14-17-31(37-22-28)26-10-8-7-9-11-26;1-44(2,3)20-18-42-25-39(26-43-19-21-45(4,5)6)34-22-33(28-12-15-30(41)16-13-28)38-35-31(24-37-40(34)35)29-14-17-32(36-23-29)27-10-8-7-9-11-27/h7-11,14,17,22-23,27H,12-13,15-16,18-21,24-25H2,1-6H3;7-11,14,17,22-24,28H,12-13,15-16,18-21,25-26H2,1-6H3. The first-order valence-electron chi connectivity index (χ1n) is 32.7. The van der Waals surface area contributed by atoms with Crippen molar-refractivity contribution in [3.05, 3.63) is 132 Å². The van der Waals surface area contributed by atoms with E-state index in [9.17, 15) is 9.59 Å². The summed E-state index contributed by atoms with van der Waals surface area (Å²) in [4.78, 5) is 48.6. The molecule has 91 heavy (non-hydrogen) atoms. The molecule has 2 aliphatic rings. The lowest BCUT2D eigenvalue weighted by Crippen LogP contribution is -2.34. The van der Waals surface area contributed by atoms with Crippen LogP contribution in [-0.2, 0) is 28.5 Å². The number of anilines is 2. The van der Waals surface area contributed by atoms with Crippen LogP contribution >= 0.6 is 15.9 Å². The molecule has 0 saturated heterocycles. The Labute approximate surface area is 552 Å². The van der Waals surface area contributed by atoms with Crippen molar-refractivity contribution in [3.63, 3.8) is 0 Å². The fourth-order valence-electron chi connectivity index (χ4n) is 11.0. The molecule has 8 aromatic rings. The second kappa shape index (κ2) is 31.4. The number of pyridine rings is 2. The predicted molar refractivity (Wildman–Crippen MR) is 384 cm³/mol. The topological polar surface area (TPSA) is 164 Å². The number of aromatic nitrogens is 8. The Balaban J connectivity index is 0.000000215. The van der Waals surface area contributed by atoms with E-state index in [2.05, 4.69) is 153 Å². The highest BCUT2D eigenvalue weighted by molar-refractivity contribution is 9.10. The van der Waals surface area contributed by atoms with Crippen LogP contribution < -0.4 is 9.80 Å². The van der Waals surface area contributed by atoms with Gasteiger partial charge in [-0.2, -0.15) is 19.2 Å². The van der Waals surface area contributed by atoms with Crippen LogP contribution in [0, 0.1) is 0 Å². The summed E-state index contributed by atoms with van der Waals surface area (Å²) >= 11 is 3.98. The molecule has 2 aliphatic carbocycles. The Kier molecular flexibility index (Phi) is 23.9. The van der Waals surface area contributed by atoms with E-state index in [1.165, 1.54) is 0 Å². The van der Waals surface area contributed by atoms with Crippen LogP contribution in [-0.4, -0.2) is 136 Å². The summed E-state index contributed by atoms with van der Waals surface area (Å²) in [5, 5.41) is 9.76. The van der Waals surface area contributed by atoms with E-state index in [-0.39, 0.29) is 11.8 Å². The zero-order valence-corrected chi connectivity index (χ0v) is 61.7. The van der Waals surface area contributed by atoms with Gasteiger partial charge in [0.05, 0.1) is 33.9 Å². The van der Waals surface area contributed by atoms with Crippen molar-refractivity contribution >= 4 is 82.7 Å². The van der Waals surface area contributed by atoms with Gasteiger partial charge in [0.1, 0.15) is 44.3 Å². The molecule has 10 rings (SSSR count). The van der Waals surface area contributed by atoms with Crippen LogP contribution in [0.25, 0.3) is 56.1 Å². The molecule has 16 nitrogen and oxygen atoms in total. The Morgan fingerprint density at radius 3 is 1.27 bits per heavy atom.